The number of fused-ring (bicyclic) bond motifs is 2. The summed E-state index contributed by atoms with van der Waals surface area (Å²) in [5, 5.41) is 7.08. The van der Waals surface area contributed by atoms with E-state index in [2.05, 4.69) is 15.6 Å². The van der Waals surface area contributed by atoms with Crippen molar-refractivity contribution >= 4 is 28.3 Å². The molecule has 5 rings (SSSR count). The number of pyridine rings is 1. The number of hydrogen-bond acceptors (Lipinski definition) is 6. The van der Waals surface area contributed by atoms with E-state index in [1.54, 1.807) is 6.07 Å². The average molecular weight is 441 g/mol. The second-order valence-corrected chi connectivity index (χ2v) is 7.52. The number of nitrogens with one attached hydrogen (secondary N) is 2. The fourth-order valence-corrected chi connectivity index (χ4v) is 3.70. The molecule has 166 valence electrons. The smallest absolute Gasteiger partial charge is 0.252 e. The van der Waals surface area contributed by atoms with Crippen LogP contribution in [0.2, 0.25) is 0 Å². The number of aromatic nitrogens is 1. The Balaban J connectivity index is 1.37. The zero-order valence-corrected chi connectivity index (χ0v) is 18.1. The van der Waals surface area contributed by atoms with Gasteiger partial charge in [-0.3, -0.25) is 4.79 Å². The lowest BCUT2D eigenvalue weighted by atomic mass is 10.1. The van der Waals surface area contributed by atoms with E-state index in [0.29, 0.717) is 30.3 Å². The van der Waals surface area contributed by atoms with E-state index in [1.165, 1.54) is 0 Å². The van der Waals surface area contributed by atoms with Crippen LogP contribution in [0, 0.1) is 0 Å². The van der Waals surface area contributed by atoms with Crippen molar-refractivity contribution in [2.45, 2.75) is 13.5 Å². The zero-order chi connectivity index (χ0) is 22.6. The second kappa shape index (κ2) is 9.08. The number of para-hydroxylation sites is 1. The minimum absolute atomic E-state index is 0.180. The predicted molar refractivity (Wildman–Crippen MR) is 126 cm³/mol. The molecule has 7 heteroatoms. The van der Waals surface area contributed by atoms with Crippen LogP contribution in [-0.2, 0) is 6.54 Å². The van der Waals surface area contributed by atoms with Crippen molar-refractivity contribution in [3.05, 3.63) is 83.9 Å². The molecule has 0 radical (unpaired) electrons. The summed E-state index contributed by atoms with van der Waals surface area (Å²) in [6, 6.07) is 22.6. The Kier molecular flexibility index (Phi) is 5.68. The first-order valence-corrected chi connectivity index (χ1v) is 10.8. The molecule has 4 aromatic rings. The lowest BCUT2D eigenvalue weighted by Crippen LogP contribution is -2.23. The highest BCUT2D eigenvalue weighted by Crippen LogP contribution is 2.32. The summed E-state index contributed by atoms with van der Waals surface area (Å²) in [7, 11) is 0. The van der Waals surface area contributed by atoms with Crippen molar-refractivity contribution in [2.75, 3.05) is 18.7 Å². The number of amides is 1. The SMILES string of the molecule is CCOc1ccc(Nc2cc(C(=O)NCc3ccc4c(c3)OCO4)c3ccccc3n2)cc1. The third-order valence-corrected chi connectivity index (χ3v) is 5.29. The van der Waals surface area contributed by atoms with Crippen molar-refractivity contribution in [1.29, 1.82) is 0 Å². The van der Waals surface area contributed by atoms with Gasteiger partial charge in [0, 0.05) is 17.6 Å². The third-order valence-electron chi connectivity index (χ3n) is 5.29. The van der Waals surface area contributed by atoms with Crippen LogP contribution in [0.3, 0.4) is 0 Å². The van der Waals surface area contributed by atoms with Crippen molar-refractivity contribution in [3.8, 4) is 17.2 Å². The van der Waals surface area contributed by atoms with Gasteiger partial charge in [0.2, 0.25) is 6.79 Å². The van der Waals surface area contributed by atoms with Crippen molar-refractivity contribution in [2.24, 2.45) is 0 Å². The maximum atomic E-state index is 13.1. The summed E-state index contributed by atoms with van der Waals surface area (Å²) < 4.78 is 16.3. The van der Waals surface area contributed by atoms with Gasteiger partial charge in [-0.25, -0.2) is 4.98 Å². The highest BCUT2D eigenvalue weighted by molar-refractivity contribution is 6.07. The topological polar surface area (TPSA) is 81.7 Å². The Labute approximate surface area is 191 Å². The average Bonchev–Trinajstić information content (AvgIpc) is 3.31. The van der Waals surface area contributed by atoms with E-state index in [4.69, 9.17) is 14.2 Å². The third kappa shape index (κ3) is 4.52. The molecular formula is C26H23N3O4. The minimum Gasteiger partial charge on any atom is -0.494 e. The van der Waals surface area contributed by atoms with E-state index < -0.39 is 0 Å². The molecule has 0 spiro atoms. The molecule has 0 bridgehead atoms. The van der Waals surface area contributed by atoms with Gasteiger partial charge in [-0.2, -0.15) is 0 Å². The van der Waals surface area contributed by atoms with Crippen LogP contribution >= 0.6 is 0 Å². The molecule has 2 heterocycles. The number of rotatable bonds is 7. The molecule has 0 unspecified atom stereocenters. The summed E-state index contributed by atoms with van der Waals surface area (Å²) in [5.41, 5.74) is 3.07. The van der Waals surface area contributed by atoms with Gasteiger partial charge in [0.25, 0.3) is 5.91 Å². The molecule has 1 aliphatic rings. The van der Waals surface area contributed by atoms with Gasteiger partial charge in [-0.15, -0.1) is 0 Å². The molecule has 1 aliphatic heterocycles. The predicted octanol–water partition coefficient (Wildman–Crippen LogP) is 5.04. The molecule has 33 heavy (non-hydrogen) atoms. The molecular weight excluding hydrogens is 418 g/mol. The van der Waals surface area contributed by atoms with E-state index >= 15 is 0 Å². The highest BCUT2D eigenvalue weighted by atomic mass is 16.7. The van der Waals surface area contributed by atoms with Crippen LogP contribution in [-0.4, -0.2) is 24.3 Å². The largest absolute Gasteiger partial charge is 0.494 e. The van der Waals surface area contributed by atoms with Crippen LogP contribution in [0.4, 0.5) is 11.5 Å². The molecule has 0 aliphatic carbocycles. The zero-order valence-electron chi connectivity index (χ0n) is 18.1. The minimum atomic E-state index is -0.180. The van der Waals surface area contributed by atoms with Gasteiger partial charge in [0.1, 0.15) is 11.6 Å². The number of carbonyl (C=O) groups excluding carboxylic acids is 1. The second-order valence-electron chi connectivity index (χ2n) is 7.52. The van der Waals surface area contributed by atoms with Crippen LogP contribution < -0.4 is 24.8 Å². The fraction of sp³-hybridized carbons (Fsp3) is 0.154. The van der Waals surface area contributed by atoms with Gasteiger partial charge < -0.3 is 24.8 Å². The molecule has 7 nitrogen and oxygen atoms in total. The molecule has 1 amide bonds. The number of benzene rings is 3. The molecule has 2 N–H and O–H groups in total. The van der Waals surface area contributed by atoms with Gasteiger partial charge in [0.05, 0.1) is 17.7 Å². The van der Waals surface area contributed by atoms with Gasteiger partial charge in [-0.05, 0) is 61.0 Å². The Morgan fingerprint density at radius 3 is 2.67 bits per heavy atom. The number of carbonyl (C=O) groups is 1. The van der Waals surface area contributed by atoms with E-state index in [0.717, 1.165) is 33.7 Å². The maximum Gasteiger partial charge on any atom is 0.252 e. The van der Waals surface area contributed by atoms with Gasteiger partial charge >= 0.3 is 0 Å². The Hall–Kier alpha value is -4.26. The van der Waals surface area contributed by atoms with Crippen molar-refractivity contribution in [3.63, 3.8) is 0 Å². The number of ether oxygens (including phenoxy) is 3. The Morgan fingerprint density at radius 2 is 1.82 bits per heavy atom. The van der Waals surface area contributed by atoms with E-state index in [9.17, 15) is 4.79 Å². The summed E-state index contributed by atoms with van der Waals surface area (Å²) in [6.07, 6.45) is 0. The maximum absolute atomic E-state index is 13.1. The van der Waals surface area contributed by atoms with Crippen LogP contribution in [0.5, 0.6) is 17.2 Å². The van der Waals surface area contributed by atoms with E-state index in [-0.39, 0.29) is 12.7 Å². The molecule has 1 aromatic heterocycles. The van der Waals surface area contributed by atoms with Gasteiger partial charge in [-0.1, -0.05) is 24.3 Å². The van der Waals surface area contributed by atoms with Crippen molar-refractivity contribution < 1.29 is 19.0 Å². The fourth-order valence-electron chi connectivity index (χ4n) is 3.70. The van der Waals surface area contributed by atoms with Crippen molar-refractivity contribution in [1.82, 2.24) is 10.3 Å². The lowest BCUT2D eigenvalue weighted by molar-refractivity contribution is 0.0952. The molecule has 0 saturated heterocycles. The number of hydrogen-bond donors (Lipinski definition) is 2. The van der Waals surface area contributed by atoms with Crippen LogP contribution in [0.25, 0.3) is 10.9 Å². The molecule has 0 atom stereocenters. The first kappa shape index (κ1) is 20.6. The molecule has 0 fully saturated rings. The first-order chi connectivity index (χ1) is 16.2. The van der Waals surface area contributed by atoms with Crippen LogP contribution in [0.15, 0.2) is 72.8 Å². The Morgan fingerprint density at radius 1 is 1.00 bits per heavy atom. The van der Waals surface area contributed by atoms with E-state index in [1.807, 2.05) is 73.7 Å². The number of nitrogens with zero attached hydrogens (tertiary/aromatic N) is 1. The molecule has 0 saturated carbocycles. The summed E-state index contributed by atoms with van der Waals surface area (Å²) in [6.45, 7) is 3.15. The lowest BCUT2D eigenvalue weighted by Gasteiger charge is -2.12. The highest BCUT2D eigenvalue weighted by Gasteiger charge is 2.16. The molecule has 3 aromatic carbocycles. The summed E-state index contributed by atoms with van der Waals surface area (Å²) >= 11 is 0. The van der Waals surface area contributed by atoms with Crippen LogP contribution in [0.1, 0.15) is 22.8 Å². The standard InChI is InChI=1S/C26H23N3O4/c1-2-31-19-10-8-18(9-11-19)28-25-14-21(20-5-3-4-6-22(20)29-25)26(30)27-15-17-7-12-23-24(13-17)33-16-32-23/h3-14H,2,15-16H2,1H3,(H,27,30)(H,28,29). The first-order valence-electron chi connectivity index (χ1n) is 10.8. The summed E-state index contributed by atoms with van der Waals surface area (Å²) in [5.74, 6) is 2.62. The Bertz CT molecular complexity index is 1300. The summed E-state index contributed by atoms with van der Waals surface area (Å²) in [4.78, 5) is 17.8. The number of anilines is 2. The monoisotopic (exact) mass is 441 g/mol. The normalized spacial score (nSPS) is 11.9. The van der Waals surface area contributed by atoms with Gasteiger partial charge in [0.15, 0.2) is 11.5 Å². The quantitative estimate of drug-likeness (QED) is 0.418.